The van der Waals surface area contributed by atoms with Crippen molar-refractivity contribution >= 4 is 12.0 Å². The molecule has 0 radical (unpaired) electrons. The van der Waals surface area contributed by atoms with Crippen LogP contribution in [0.2, 0.25) is 0 Å². The van der Waals surface area contributed by atoms with E-state index in [2.05, 4.69) is 22.5 Å². The average Bonchev–Trinajstić information content (AvgIpc) is 2.76. The van der Waals surface area contributed by atoms with Crippen molar-refractivity contribution in [2.75, 3.05) is 19.6 Å². The van der Waals surface area contributed by atoms with E-state index >= 15 is 0 Å². The molecule has 1 rings (SSSR count). The van der Waals surface area contributed by atoms with E-state index in [-0.39, 0.29) is 12.5 Å². The molecule has 0 aromatic heterocycles. The number of nitrogens with one attached hydrogen (secondary N) is 2. The first-order valence-corrected chi connectivity index (χ1v) is 6.82. The molecule has 6 heteroatoms. The van der Waals surface area contributed by atoms with Crippen LogP contribution in [-0.2, 0) is 4.79 Å². The zero-order valence-electron chi connectivity index (χ0n) is 12.0. The summed E-state index contributed by atoms with van der Waals surface area (Å²) in [6.45, 7) is 8.25. The van der Waals surface area contributed by atoms with Gasteiger partial charge in [0.15, 0.2) is 0 Å². The Morgan fingerprint density at radius 2 is 1.89 bits per heavy atom. The number of aliphatic carboxylic acids is 1. The molecule has 1 atom stereocenters. The number of carboxylic acids is 1. The summed E-state index contributed by atoms with van der Waals surface area (Å²) in [5.41, 5.74) is -0.743. The van der Waals surface area contributed by atoms with Gasteiger partial charge in [-0.05, 0) is 46.7 Å². The van der Waals surface area contributed by atoms with E-state index in [0.29, 0.717) is 12.6 Å². The van der Waals surface area contributed by atoms with Gasteiger partial charge in [-0.1, -0.05) is 0 Å². The summed E-state index contributed by atoms with van der Waals surface area (Å²) in [5.74, 6) is -0.921. The maximum Gasteiger partial charge on any atom is 0.315 e. The molecule has 1 aliphatic rings. The summed E-state index contributed by atoms with van der Waals surface area (Å²) in [6.07, 6.45) is 2.35. The molecule has 1 saturated heterocycles. The molecular weight excluding hydrogens is 246 g/mol. The molecule has 1 heterocycles. The number of urea groups is 1. The van der Waals surface area contributed by atoms with Crippen LogP contribution in [0.1, 0.15) is 40.0 Å². The van der Waals surface area contributed by atoms with E-state index in [0.717, 1.165) is 13.1 Å². The summed E-state index contributed by atoms with van der Waals surface area (Å²) in [5, 5.41) is 14.2. The summed E-state index contributed by atoms with van der Waals surface area (Å²) < 4.78 is 0. The first kappa shape index (κ1) is 15.8. The molecule has 1 unspecified atom stereocenters. The number of hydrogen-bond acceptors (Lipinski definition) is 3. The number of carbonyl (C=O) groups is 2. The van der Waals surface area contributed by atoms with Crippen LogP contribution in [0.25, 0.3) is 0 Å². The van der Waals surface area contributed by atoms with Crippen molar-refractivity contribution in [2.45, 2.75) is 51.6 Å². The number of likely N-dealkylation sites (tertiary alicyclic amines) is 1. The Balaban J connectivity index is 2.28. The second kappa shape index (κ2) is 6.75. The Hall–Kier alpha value is -1.30. The first-order chi connectivity index (χ1) is 8.80. The molecule has 0 saturated carbocycles. The molecule has 1 fully saturated rings. The molecule has 110 valence electrons. The largest absolute Gasteiger partial charge is 0.481 e. The van der Waals surface area contributed by atoms with Gasteiger partial charge in [0, 0.05) is 18.1 Å². The summed E-state index contributed by atoms with van der Waals surface area (Å²) >= 11 is 0. The Morgan fingerprint density at radius 3 is 2.42 bits per heavy atom. The molecule has 2 amide bonds. The number of amides is 2. The Labute approximate surface area is 114 Å². The Bertz CT molecular complexity index is 325. The molecular formula is C13H25N3O3. The molecule has 0 aromatic rings. The van der Waals surface area contributed by atoms with Gasteiger partial charge in [-0.3, -0.25) is 9.69 Å². The second-order valence-corrected chi connectivity index (χ2v) is 5.88. The van der Waals surface area contributed by atoms with Crippen LogP contribution in [0.3, 0.4) is 0 Å². The van der Waals surface area contributed by atoms with Crippen molar-refractivity contribution in [3.05, 3.63) is 0 Å². The lowest BCUT2D eigenvalue weighted by Crippen LogP contribution is -2.51. The standard InChI is InChI=1S/C13H25N3O3/c1-10(16-6-4-5-7-16)9-14-12(19)15-13(2,3)8-11(17)18/h10H,4-9H2,1-3H3,(H,17,18)(H2,14,15,19). The molecule has 3 N–H and O–H groups in total. The van der Waals surface area contributed by atoms with Gasteiger partial charge in [-0.15, -0.1) is 0 Å². The number of carbonyl (C=O) groups excluding carboxylic acids is 1. The maximum absolute atomic E-state index is 11.7. The van der Waals surface area contributed by atoms with Crippen LogP contribution >= 0.6 is 0 Å². The Morgan fingerprint density at radius 1 is 1.32 bits per heavy atom. The molecule has 6 nitrogen and oxygen atoms in total. The molecule has 19 heavy (non-hydrogen) atoms. The summed E-state index contributed by atoms with van der Waals surface area (Å²) in [7, 11) is 0. The molecule has 0 bridgehead atoms. The number of rotatable bonds is 6. The first-order valence-electron chi connectivity index (χ1n) is 6.82. The van der Waals surface area contributed by atoms with Gasteiger partial charge in [-0.25, -0.2) is 4.79 Å². The van der Waals surface area contributed by atoms with Gasteiger partial charge in [0.2, 0.25) is 0 Å². The highest BCUT2D eigenvalue weighted by Crippen LogP contribution is 2.11. The predicted octanol–water partition coefficient (Wildman–Crippen LogP) is 1.02. The quantitative estimate of drug-likeness (QED) is 0.674. The molecule has 1 aliphatic heterocycles. The van der Waals surface area contributed by atoms with E-state index in [9.17, 15) is 9.59 Å². The molecule has 0 aliphatic carbocycles. The Kier molecular flexibility index (Phi) is 5.60. The van der Waals surface area contributed by atoms with E-state index in [4.69, 9.17) is 5.11 Å². The minimum Gasteiger partial charge on any atom is -0.481 e. The highest BCUT2D eigenvalue weighted by molar-refractivity contribution is 5.76. The monoisotopic (exact) mass is 271 g/mol. The highest BCUT2D eigenvalue weighted by Gasteiger charge is 2.24. The topological polar surface area (TPSA) is 81.7 Å². The van der Waals surface area contributed by atoms with Crippen molar-refractivity contribution in [3.63, 3.8) is 0 Å². The van der Waals surface area contributed by atoms with Crippen LogP contribution in [0.4, 0.5) is 4.79 Å². The summed E-state index contributed by atoms with van der Waals surface area (Å²) in [6, 6.07) is 0.00753. The van der Waals surface area contributed by atoms with Crippen LogP contribution in [0.15, 0.2) is 0 Å². The lowest BCUT2D eigenvalue weighted by Gasteiger charge is -2.27. The van der Waals surface area contributed by atoms with Crippen molar-refractivity contribution < 1.29 is 14.7 Å². The van der Waals surface area contributed by atoms with Crippen LogP contribution in [-0.4, -0.2) is 53.2 Å². The second-order valence-electron chi connectivity index (χ2n) is 5.88. The van der Waals surface area contributed by atoms with Crippen molar-refractivity contribution in [1.82, 2.24) is 15.5 Å². The zero-order chi connectivity index (χ0) is 14.5. The van der Waals surface area contributed by atoms with E-state index in [1.165, 1.54) is 12.8 Å². The number of hydrogen-bond donors (Lipinski definition) is 3. The van der Waals surface area contributed by atoms with Crippen molar-refractivity contribution in [1.29, 1.82) is 0 Å². The van der Waals surface area contributed by atoms with E-state index in [1.54, 1.807) is 13.8 Å². The van der Waals surface area contributed by atoms with E-state index < -0.39 is 11.5 Å². The average molecular weight is 271 g/mol. The minimum absolute atomic E-state index is 0.0951. The van der Waals surface area contributed by atoms with Gasteiger partial charge in [0.1, 0.15) is 0 Å². The SMILES string of the molecule is CC(CNC(=O)NC(C)(C)CC(=O)O)N1CCCC1. The number of carboxylic acid groups (broad SMARTS) is 1. The normalized spacial score (nSPS) is 18.1. The maximum atomic E-state index is 11.7. The van der Waals surface area contributed by atoms with E-state index in [1.807, 2.05) is 0 Å². The smallest absolute Gasteiger partial charge is 0.315 e. The summed E-state index contributed by atoms with van der Waals surface area (Å²) in [4.78, 5) is 24.7. The van der Waals surface area contributed by atoms with Crippen LogP contribution in [0, 0.1) is 0 Å². The minimum atomic E-state index is -0.921. The third kappa shape index (κ3) is 5.92. The van der Waals surface area contributed by atoms with Crippen LogP contribution in [0.5, 0.6) is 0 Å². The van der Waals surface area contributed by atoms with Gasteiger partial charge in [0.25, 0.3) is 0 Å². The fourth-order valence-corrected chi connectivity index (χ4v) is 2.33. The third-order valence-electron chi connectivity index (χ3n) is 3.37. The molecule has 0 spiro atoms. The van der Waals surface area contributed by atoms with Crippen LogP contribution < -0.4 is 10.6 Å². The predicted molar refractivity (Wildman–Crippen MR) is 73.1 cm³/mol. The van der Waals surface area contributed by atoms with Gasteiger partial charge >= 0.3 is 12.0 Å². The van der Waals surface area contributed by atoms with Gasteiger partial charge < -0.3 is 15.7 Å². The number of nitrogens with zero attached hydrogens (tertiary/aromatic N) is 1. The lowest BCUT2D eigenvalue weighted by atomic mass is 10.0. The third-order valence-corrected chi connectivity index (χ3v) is 3.37. The zero-order valence-corrected chi connectivity index (χ0v) is 12.0. The van der Waals surface area contributed by atoms with Crippen molar-refractivity contribution in [2.24, 2.45) is 0 Å². The molecule has 0 aromatic carbocycles. The fourth-order valence-electron chi connectivity index (χ4n) is 2.33. The highest BCUT2D eigenvalue weighted by atomic mass is 16.4. The van der Waals surface area contributed by atoms with Gasteiger partial charge in [-0.2, -0.15) is 0 Å². The fraction of sp³-hybridized carbons (Fsp3) is 0.846. The van der Waals surface area contributed by atoms with Crippen molar-refractivity contribution in [3.8, 4) is 0 Å². The lowest BCUT2D eigenvalue weighted by molar-refractivity contribution is -0.138. The van der Waals surface area contributed by atoms with Gasteiger partial charge in [0.05, 0.1) is 6.42 Å².